The second kappa shape index (κ2) is 9.10. The molecule has 0 radical (unpaired) electrons. The van der Waals surface area contributed by atoms with Crippen molar-refractivity contribution in [2.24, 2.45) is 0 Å². The molecule has 4 aromatic carbocycles. The minimum absolute atomic E-state index is 0.219. The molecule has 0 saturated heterocycles. The fourth-order valence-corrected chi connectivity index (χ4v) is 5.68. The van der Waals surface area contributed by atoms with E-state index in [1.807, 2.05) is 54.6 Å². The van der Waals surface area contributed by atoms with E-state index in [4.69, 9.17) is 0 Å². The number of carbonyl (C=O) groups is 2. The van der Waals surface area contributed by atoms with Crippen LogP contribution in [0.1, 0.15) is 58.5 Å². The standard InChI is InChI=1S/C33H28N2O3/c1-4-6-21-8-12-23(13-9-21)34-20(3)25-16-17-27-30-28(19-18-26(29(25)30)31(34)36)33(38)35(32(27)37)24-14-10-22(7-5-2)11-15-24/h8-19H,3-7H2,1-2H3. The highest BCUT2D eigenvalue weighted by Gasteiger charge is 2.35. The fourth-order valence-electron chi connectivity index (χ4n) is 5.68. The number of pyridine rings is 1. The highest BCUT2D eigenvalue weighted by Crippen LogP contribution is 2.36. The van der Waals surface area contributed by atoms with Crippen molar-refractivity contribution in [1.82, 2.24) is 4.57 Å². The molecule has 0 N–H and O–H groups in total. The van der Waals surface area contributed by atoms with E-state index < -0.39 is 0 Å². The predicted octanol–water partition coefficient (Wildman–Crippen LogP) is 5.98. The number of hydrogen-bond acceptors (Lipinski definition) is 3. The van der Waals surface area contributed by atoms with Crippen LogP contribution in [0.5, 0.6) is 0 Å². The summed E-state index contributed by atoms with van der Waals surface area (Å²) in [4.78, 5) is 42.4. The molecular formula is C33H28N2O3. The van der Waals surface area contributed by atoms with Gasteiger partial charge in [-0.3, -0.25) is 19.0 Å². The lowest BCUT2D eigenvalue weighted by molar-refractivity contribution is 0.0893. The van der Waals surface area contributed by atoms with Crippen molar-refractivity contribution in [2.45, 2.75) is 39.5 Å². The van der Waals surface area contributed by atoms with Crippen LogP contribution >= 0.6 is 0 Å². The lowest BCUT2D eigenvalue weighted by atomic mass is 9.89. The highest BCUT2D eigenvalue weighted by atomic mass is 16.2. The predicted molar refractivity (Wildman–Crippen MR) is 153 cm³/mol. The zero-order chi connectivity index (χ0) is 26.6. The van der Waals surface area contributed by atoms with E-state index in [-0.39, 0.29) is 17.4 Å². The minimum atomic E-state index is -0.388. The molecule has 0 bridgehead atoms. The van der Waals surface area contributed by atoms with Gasteiger partial charge in [-0.05, 0) is 66.4 Å². The molecule has 188 valence electrons. The number of rotatable bonds is 6. The molecule has 0 aliphatic carbocycles. The topological polar surface area (TPSA) is 59.4 Å². The molecule has 38 heavy (non-hydrogen) atoms. The van der Waals surface area contributed by atoms with Gasteiger partial charge in [0.15, 0.2) is 0 Å². The maximum Gasteiger partial charge on any atom is 0.265 e. The first-order valence-electron chi connectivity index (χ1n) is 13.1. The quantitative estimate of drug-likeness (QED) is 0.270. The summed E-state index contributed by atoms with van der Waals surface area (Å²) in [7, 11) is 0. The molecule has 0 fully saturated rings. The van der Waals surface area contributed by atoms with Gasteiger partial charge in [0.25, 0.3) is 17.4 Å². The average molecular weight is 501 g/mol. The van der Waals surface area contributed by atoms with Crippen LogP contribution in [0.4, 0.5) is 5.69 Å². The SMILES string of the molecule is C=c1c2ccc3c4c(ccc(c(=O)n1-c1ccc(CCC)cc1)c42)C(=O)N(c1ccc(CCC)cc1)C3=O. The summed E-state index contributed by atoms with van der Waals surface area (Å²) < 4.78 is 1.62. The molecule has 0 unspecified atom stereocenters. The molecule has 5 heteroatoms. The molecule has 0 saturated carbocycles. The van der Waals surface area contributed by atoms with Gasteiger partial charge in [0, 0.05) is 43.7 Å². The smallest absolute Gasteiger partial charge is 0.265 e. The number of benzene rings is 4. The maximum atomic E-state index is 13.8. The molecule has 0 spiro atoms. The Morgan fingerprint density at radius 2 is 1.11 bits per heavy atom. The largest absolute Gasteiger partial charge is 0.277 e. The van der Waals surface area contributed by atoms with Gasteiger partial charge in [0.05, 0.1) is 5.69 Å². The number of anilines is 1. The lowest BCUT2D eigenvalue weighted by Crippen LogP contribution is -2.41. The van der Waals surface area contributed by atoms with Crippen molar-refractivity contribution >= 4 is 45.6 Å². The van der Waals surface area contributed by atoms with Crippen LogP contribution in [-0.2, 0) is 12.8 Å². The third-order valence-electron chi connectivity index (χ3n) is 7.51. The molecule has 5 aromatic rings. The van der Waals surface area contributed by atoms with Gasteiger partial charge in [-0.2, -0.15) is 0 Å². The summed E-state index contributed by atoms with van der Waals surface area (Å²) in [5, 5.41) is 2.89. The molecule has 2 amide bonds. The van der Waals surface area contributed by atoms with Gasteiger partial charge in [-0.25, -0.2) is 4.90 Å². The number of carbonyl (C=O) groups excluding carboxylic acids is 2. The van der Waals surface area contributed by atoms with Crippen molar-refractivity contribution in [3.05, 3.63) is 111 Å². The number of hydrogen-bond donors (Lipinski definition) is 0. The van der Waals surface area contributed by atoms with E-state index >= 15 is 0 Å². The number of amides is 2. The Bertz CT molecular complexity index is 1770. The van der Waals surface area contributed by atoms with Gasteiger partial charge >= 0.3 is 0 Å². The second-order valence-corrected chi connectivity index (χ2v) is 9.94. The summed E-state index contributed by atoms with van der Waals surface area (Å²) in [6, 6.07) is 22.5. The number of imide groups is 1. The van der Waals surface area contributed by atoms with Crippen LogP contribution in [0.25, 0.3) is 33.8 Å². The average Bonchev–Trinajstić information content (AvgIpc) is 2.93. The lowest BCUT2D eigenvalue weighted by Gasteiger charge is -2.28. The Labute approximate surface area is 220 Å². The minimum Gasteiger partial charge on any atom is -0.277 e. The van der Waals surface area contributed by atoms with Crippen molar-refractivity contribution in [2.75, 3.05) is 4.90 Å². The number of aromatic nitrogens is 1. The fraction of sp³-hybridized carbons (Fsp3) is 0.182. The summed E-state index contributed by atoms with van der Waals surface area (Å²) in [6.07, 6.45) is 3.98. The van der Waals surface area contributed by atoms with E-state index in [0.717, 1.165) is 42.3 Å². The first kappa shape index (κ1) is 23.9. The molecular weight excluding hydrogens is 472 g/mol. The van der Waals surface area contributed by atoms with Gasteiger partial charge < -0.3 is 0 Å². The van der Waals surface area contributed by atoms with Crippen LogP contribution in [0.15, 0.2) is 77.6 Å². The zero-order valence-corrected chi connectivity index (χ0v) is 21.6. The maximum absolute atomic E-state index is 13.8. The summed E-state index contributed by atoms with van der Waals surface area (Å²) in [5.74, 6) is -0.775. The Morgan fingerprint density at radius 1 is 0.605 bits per heavy atom. The Kier molecular flexibility index (Phi) is 5.72. The van der Waals surface area contributed by atoms with E-state index in [0.29, 0.717) is 38.3 Å². The van der Waals surface area contributed by atoms with Gasteiger partial charge in [-0.1, -0.05) is 63.6 Å². The van der Waals surface area contributed by atoms with E-state index in [1.54, 1.807) is 22.8 Å². The first-order valence-corrected chi connectivity index (χ1v) is 13.1. The molecule has 0 atom stereocenters. The second-order valence-electron chi connectivity index (χ2n) is 9.94. The van der Waals surface area contributed by atoms with E-state index in [1.165, 1.54) is 10.5 Å². The van der Waals surface area contributed by atoms with Gasteiger partial charge in [0.2, 0.25) is 0 Å². The third kappa shape index (κ3) is 3.50. The zero-order valence-electron chi connectivity index (χ0n) is 21.6. The monoisotopic (exact) mass is 500 g/mol. The Morgan fingerprint density at radius 3 is 1.63 bits per heavy atom. The van der Waals surface area contributed by atoms with Crippen LogP contribution in [0.3, 0.4) is 0 Å². The normalized spacial score (nSPS) is 13.2. The first-order chi connectivity index (χ1) is 18.4. The molecule has 5 nitrogen and oxygen atoms in total. The van der Waals surface area contributed by atoms with Crippen LogP contribution in [0.2, 0.25) is 0 Å². The van der Waals surface area contributed by atoms with Crippen molar-refractivity contribution < 1.29 is 9.59 Å². The molecule has 2 heterocycles. The molecule has 1 aromatic heterocycles. The van der Waals surface area contributed by atoms with Crippen LogP contribution in [0, 0.1) is 0 Å². The number of aryl methyl sites for hydroxylation is 2. The number of nitrogens with zero attached hydrogens (tertiary/aromatic N) is 2. The van der Waals surface area contributed by atoms with Gasteiger partial charge in [0.1, 0.15) is 0 Å². The van der Waals surface area contributed by atoms with E-state index in [9.17, 15) is 14.4 Å². The van der Waals surface area contributed by atoms with Crippen molar-refractivity contribution in [1.29, 1.82) is 0 Å². The van der Waals surface area contributed by atoms with Crippen LogP contribution < -0.4 is 15.8 Å². The molecule has 1 aliphatic heterocycles. The Hall–Kier alpha value is -4.51. The molecule has 6 rings (SSSR count). The highest BCUT2D eigenvalue weighted by molar-refractivity contribution is 6.38. The van der Waals surface area contributed by atoms with Gasteiger partial charge in [-0.15, -0.1) is 0 Å². The third-order valence-corrected chi connectivity index (χ3v) is 7.51. The van der Waals surface area contributed by atoms with Crippen molar-refractivity contribution in [3.63, 3.8) is 0 Å². The summed E-state index contributed by atoms with van der Waals surface area (Å²) in [6.45, 7) is 8.51. The Balaban J connectivity index is 1.54. The summed E-state index contributed by atoms with van der Waals surface area (Å²) >= 11 is 0. The van der Waals surface area contributed by atoms with Crippen LogP contribution in [-0.4, -0.2) is 16.4 Å². The summed E-state index contributed by atoms with van der Waals surface area (Å²) in [5.41, 5.74) is 4.26. The van der Waals surface area contributed by atoms with Crippen molar-refractivity contribution in [3.8, 4) is 5.69 Å². The van der Waals surface area contributed by atoms with E-state index in [2.05, 4.69) is 20.4 Å². The molecule has 1 aliphatic rings.